The number of carboxylic acids is 2. The summed E-state index contributed by atoms with van der Waals surface area (Å²) < 4.78 is 0.111. The van der Waals surface area contributed by atoms with Crippen molar-refractivity contribution in [3.05, 3.63) is 12.2 Å². The Morgan fingerprint density at radius 2 is 1.63 bits per heavy atom. The summed E-state index contributed by atoms with van der Waals surface area (Å²) in [5, 5.41) is 33.4. The van der Waals surface area contributed by atoms with Crippen molar-refractivity contribution in [3.63, 3.8) is 0 Å². The Morgan fingerprint density at radius 1 is 1.03 bits per heavy atom. The van der Waals surface area contributed by atoms with E-state index >= 15 is 0 Å². The van der Waals surface area contributed by atoms with E-state index in [1.54, 1.807) is 13.8 Å². The topological polar surface area (TPSA) is 127 Å². The van der Waals surface area contributed by atoms with Crippen molar-refractivity contribution in [2.75, 3.05) is 39.3 Å². The van der Waals surface area contributed by atoms with E-state index in [0.29, 0.717) is 19.4 Å². The molecule has 0 aliphatic rings. The molecule has 0 rings (SSSR count). The Hall–Kier alpha value is -0.930. The van der Waals surface area contributed by atoms with Crippen LogP contribution in [0.1, 0.15) is 52.9 Å². The van der Waals surface area contributed by atoms with Crippen LogP contribution in [0.3, 0.4) is 0 Å². The van der Waals surface area contributed by atoms with Gasteiger partial charge in [-0.2, -0.15) is 0 Å². The fourth-order valence-electron chi connectivity index (χ4n) is 3.43. The van der Waals surface area contributed by atoms with Crippen LogP contribution in [0.25, 0.3) is 0 Å². The minimum atomic E-state index is -1.18. The third-order valence-corrected chi connectivity index (χ3v) is 5.29. The van der Waals surface area contributed by atoms with Crippen molar-refractivity contribution in [1.82, 2.24) is 5.32 Å². The molecular formula is C21H38N2NaO6+. The zero-order chi connectivity index (χ0) is 22.3. The van der Waals surface area contributed by atoms with Crippen LogP contribution in [0.2, 0.25) is 0 Å². The number of nitrogens with zero attached hydrogens (tertiary/aromatic N) is 1. The molecule has 0 fully saturated rings. The zero-order valence-electron chi connectivity index (χ0n) is 19.1. The molecule has 0 aromatic carbocycles. The molecule has 0 heterocycles. The number of carbonyl (C=O) groups excluding carboxylic acids is 2. The molecule has 0 aromatic heterocycles. The molecular weight excluding hydrogens is 399 g/mol. The van der Waals surface area contributed by atoms with E-state index in [0.717, 1.165) is 12.8 Å². The first-order chi connectivity index (χ1) is 13.7. The zero-order valence-corrected chi connectivity index (χ0v) is 21.1. The van der Waals surface area contributed by atoms with E-state index in [-0.39, 0.29) is 79.2 Å². The molecule has 3 N–H and O–H groups in total. The molecule has 0 saturated carbocycles. The number of aliphatic carboxylic acids is 2. The summed E-state index contributed by atoms with van der Waals surface area (Å²) in [6.45, 7) is 6.57. The van der Waals surface area contributed by atoms with Gasteiger partial charge in [-0.15, -0.1) is 0 Å². The Bertz CT molecular complexity index is 518. The monoisotopic (exact) mass is 437 g/mol. The summed E-state index contributed by atoms with van der Waals surface area (Å²) in [5.74, 6) is -3.67. The standard InChI is InChI=1S/C21H38N2O6.Na/c1-4-7-8-9-10-19(25)22-11-12-23(13-14-24,15-17(5-2)20(26)27)16-18(6-3)21(28)29;/h8-9,17-18,24H,4-7,10-16H2,1-3H3,(H2-,22,25,26,27,28,29);/q;+1/b9-8+;. The number of carbonyl (C=O) groups is 3. The molecule has 9 heteroatoms. The van der Waals surface area contributed by atoms with Crippen molar-refractivity contribution in [3.8, 4) is 0 Å². The van der Waals surface area contributed by atoms with Gasteiger partial charge in [-0.25, -0.2) is 0 Å². The van der Waals surface area contributed by atoms with Crippen LogP contribution in [-0.2, 0) is 14.4 Å². The fourth-order valence-corrected chi connectivity index (χ4v) is 3.43. The van der Waals surface area contributed by atoms with E-state index in [1.165, 1.54) is 0 Å². The van der Waals surface area contributed by atoms with Gasteiger partial charge in [-0.05, 0) is 19.3 Å². The number of hydrogen-bond acceptors (Lipinski definition) is 5. The Kier molecular flexibility index (Phi) is 18.5. The Morgan fingerprint density at radius 3 is 2.10 bits per heavy atom. The molecule has 1 amide bonds. The fraction of sp³-hybridized carbons (Fsp3) is 0.762. The number of nitrogens with one attached hydrogen (secondary N) is 1. The maximum atomic E-state index is 12.0. The number of unbranched alkanes of at least 4 members (excludes halogenated alkanes) is 1. The molecule has 0 aliphatic heterocycles. The molecule has 0 bridgehead atoms. The first kappa shape index (κ1) is 31.3. The SMILES string of the molecule is CCC/C=C/CC(=O)NCC[N+](CCO)(CC(CC)C(=O)[O-])CC(CC)C(=O)O.[Na+]. The van der Waals surface area contributed by atoms with Crippen LogP contribution in [0.5, 0.6) is 0 Å². The molecule has 8 nitrogen and oxygen atoms in total. The van der Waals surface area contributed by atoms with Gasteiger partial charge in [0.15, 0.2) is 0 Å². The van der Waals surface area contributed by atoms with E-state index in [2.05, 4.69) is 12.2 Å². The van der Waals surface area contributed by atoms with Crippen LogP contribution < -0.4 is 40.0 Å². The number of allylic oxidation sites excluding steroid dienone is 1. The molecule has 0 spiro atoms. The van der Waals surface area contributed by atoms with Gasteiger partial charge in [0, 0.05) is 12.3 Å². The molecule has 30 heavy (non-hydrogen) atoms. The summed E-state index contributed by atoms with van der Waals surface area (Å²) >= 11 is 0. The average molecular weight is 438 g/mol. The molecule has 0 aliphatic carbocycles. The first-order valence-electron chi connectivity index (χ1n) is 10.6. The summed E-state index contributed by atoms with van der Waals surface area (Å²) in [6.07, 6.45) is 6.72. The van der Waals surface area contributed by atoms with Crippen molar-refractivity contribution in [1.29, 1.82) is 0 Å². The molecule has 0 aromatic rings. The number of rotatable bonds is 17. The van der Waals surface area contributed by atoms with Gasteiger partial charge in [0.05, 0.1) is 38.8 Å². The minimum absolute atomic E-state index is 0. The molecule has 3 unspecified atom stereocenters. The smallest absolute Gasteiger partial charge is 0.550 e. The Labute approximate surface area is 202 Å². The number of aliphatic hydroxyl groups is 1. The molecule has 3 atom stereocenters. The summed E-state index contributed by atoms with van der Waals surface area (Å²) in [4.78, 5) is 35.1. The number of aliphatic hydroxyl groups excluding tert-OH is 1. The van der Waals surface area contributed by atoms with Gasteiger partial charge in [0.2, 0.25) is 5.91 Å². The van der Waals surface area contributed by atoms with Gasteiger partial charge in [0.25, 0.3) is 0 Å². The summed E-state index contributed by atoms with van der Waals surface area (Å²) in [6, 6.07) is 0. The number of quaternary nitrogens is 1. The summed E-state index contributed by atoms with van der Waals surface area (Å²) in [7, 11) is 0. The second kappa shape index (κ2) is 17.7. The van der Waals surface area contributed by atoms with Crippen LogP contribution in [0.15, 0.2) is 12.2 Å². The van der Waals surface area contributed by atoms with Crippen molar-refractivity contribution >= 4 is 17.8 Å². The third kappa shape index (κ3) is 12.7. The van der Waals surface area contributed by atoms with Crippen LogP contribution >= 0.6 is 0 Å². The quantitative estimate of drug-likeness (QED) is 0.132. The number of carboxylic acid groups (broad SMARTS) is 2. The molecule has 0 radical (unpaired) electrons. The third-order valence-electron chi connectivity index (χ3n) is 5.29. The summed E-state index contributed by atoms with van der Waals surface area (Å²) in [5.41, 5.74) is 0. The van der Waals surface area contributed by atoms with Crippen molar-refractivity contribution < 1.29 is 63.7 Å². The number of hydrogen-bond donors (Lipinski definition) is 3. The van der Waals surface area contributed by atoms with Gasteiger partial charge < -0.3 is 29.9 Å². The second-order valence-corrected chi connectivity index (χ2v) is 7.56. The van der Waals surface area contributed by atoms with Crippen LogP contribution in [0, 0.1) is 11.8 Å². The molecule has 168 valence electrons. The predicted octanol–water partition coefficient (Wildman–Crippen LogP) is -2.45. The van der Waals surface area contributed by atoms with Gasteiger partial charge >= 0.3 is 35.5 Å². The maximum Gasteiger partial charge on any atom is 1.00 e. The number of amides is 1. The van der Waals surface area contributed by atoms with Crippen LogP contribution in [0.4, 0.5) is 0 Å². The van der Waals surface area contributed by atoms with E-state index in [9.17, 15) is 29.7 Å². The van der Waals surface area contributed by atoms with Gasteiger partial charge in [0.1, 0.15) is 12.5 Å². The van der Waals surface area contributed by atoms with Gasteiger partial charge in [-0.1, -0.05) is 39.3 Å². The van der Waals surface area contributed by atoms with Gasteiger partial charge in [-0.3, -0.25) is 9.59 Å². The van der Waals surface area contributed by atoms with Crippen molar-refractivity contribution in [2.24, 2.45) is 11.8 Å². The maximum absolute atomic E-state index is 12.0. The normalized spacial score (nSPS) is 15.1. The van der Waals surface area contributed by atoms with Crippen LogP contribution in [-0.4, -0.2) is 71.9 Å². The minimum Gasteiger partial charge on any atom is -0.550 e. The van der Waals surface area contributed by atoms with Crippen molar-refractivity contribution in [2.45, 2.75) is 52.9 Å². The molecule has 0 saturated heterocycles. The Balaban J connectivity index is 0. The van der Waals surface area contributed by atoms with E-state index in [1.807, 2.05) is 12.2 Å². The largest absolute Gasteiger partial charge is 1.00 e. The average Bonchev–Trinajstić information content (AvgIpc) is 2.67. The predicted molar refractivity (Wildman–Crippen MR) is 109 cm³/mol. The van der Waals surface area contributed by atoms with E-state index in [4.69, 9.17) is 0 Å². The van der Waals surface area contributed by atoms with E-state index < -0.39 is 23.8 Å². The second-order valence-electron chi connectivity index (χ2n) is 7.56. The first-order valence-corrected chi connectivity index (χ1v) is 10.6.